The quantitative estimate of drug-likeness (QED) is 0.830. The molecule has 0 fully saturated rings. The Hall–Kier alpha value is 0.420. The molecule has 0 aliphatic carbocycles. The van der Waals surface area contributed by atoms with Gasteiger partial charge >= 0.3 is 0 Å². The molecule has 0 amide bonds. The average molecular weight is 389 g/mol. The van der Waals surface area contributed by atoms with Crippen molar-refractivity contribution >= 4 is 47.8 Å². The van der Waals surface area contributed by atoms with Crippen LogP contribution >= 0.6 is 47.8 Å². The summed E-state index contributed by atoms with van der Waals surface area (Å²) in [6.45, 7) is 0.149. The van der Waals surface area contributed by atoms with E-state index in [1.165, 1.54) is 0 Å². The Morgan fingerprint density at radius 2 is 1.79 bits per heavy atom. The first-order chi connectivity index (χ1) is 6.57. The SMILES string of the molecule is OCCCc1c(Br)cc(Br)c(O)c1Br. The molecule has 5 heteroatoms. The van der Waals surface area contributed by atoms with E-state index in [9.17, 15) is 5.11 Å². The highest BCUT2D eigenvalue weighted by Crippen LogP contribution is 2.39. The molecule has 0 radical (unpaired) electrons. The van der Waals surface area contributed by atoms with Crippen LogP contribution in [0, 0.1) is 0 Å². The Labute approximate surface area is 108 Å². The maximum absolute atomic E-state index is 9.63. The second kappa shape index (κ2) is 5.49. The number of aliphatic hydroxyl groups is 1. The molecule has 78 valence electrons. The Morgan fingerprint density at radius 1 is 1.14 bits per heavy atom. The van der Waals surface area contributed by atoms with E-state index < -0.39 is 0 Å². The van der Waals surface area contributed by atoms with Crippen molar-refractivity contribution in [2.75, 3.05) is 6.61 Å². The second-order valence-electron chi connectivity index (χ2n) is 2.81. The highest BCUT2D eigenvalue weighted by atomic mass is 79.9. The minimum atomic E-state index is 0.149. The van der Waals surface area contributed by atoms with Crippen molar-refractivity contribution in [3.05, 3.63) is 25.0 Å². The van der Waals surface area contributed by atoms with Gasteiger partial charge in [-0.25, -0.2) is 0 Å². The first kappa shape index (κ1) is 12.5. The van der Waals surface area contributed by atoms with Crippen LogP contribution in [0.5, 0.6) is 5.75 Å². The summed E-state index contributed by atoms with van der Waals surface area (Å²) in [4.78, 5) is 0. The average Bonchev–Trinajstić information content (AvgIpc) is 2.14. The number of aromatic hydroxyl groups is 1. The predicted molar refractivity (Wildman–Crippen MR) is 66.6 cm³/mol. The largest absolute Gasteiger partial charge is 0.506 e. The standard InChI is InChI=1S/C9H9Br3O2/c10-6-4-7(11)9(14)8(12)5(6)2-1-3-13/h4,13-14H,1-3H2. The molecule has 1 aromatic rings. The summed E-state index contributed by atoms with van der Waals surface area (Å²) in [6.07, 6.45) is 1.40. The minimum absolute atomic E-state index is 0.149. The molecular formula is C9H9Br3O2. The molecule has 0 saturated heterocycles. The van der Waals surface area contributed by atoms with Crippen LogP contribution in [0.4, 0.5) is 0 Å². The number of halogens is 3. The van der Waals surface area contributed by atoms with E-state index in [1.807, 2.05) is 0 Å². The zero-order chi connectivity index (χ0) is 10.7. The van der Waals surface area contributed by atoms with Gasteiger partial charge in [-0.2, -0.15) is 0 Å². The molecule has 2 N–H and O–H groups in total. The zero-order valence-electron chi connectivity index (χ0n) is 7.23. The molecule has 0 spiro atoms. The summed E-state index contributed by atoms with van der Waals surface area (Å²) in [7, 11) is 0. The smallest absolute Gasteiger partial charge is 0.144 e. The molecule has 0 bridgehead atoms. The highest BCUT2D eigenvalue weighted by Gasteiger charge is 2.12. The molecule has 0 aromatic heterocycles. The first-order valence-corrected chi connectivity index (χ1v) is 6.42. The van der Waals surface area contributed by atoms with Gasteiger partial charge < -0.3 is 10.2 Å². The molecule has 0 unspecified atom stereocenters. The zero-order valence-corrected chi connectivity index (χ0v) is 12.0. The van der Waals surface area contributed by atoms with Crippen molar-refractivity contribution in [2.24, 2.45) is 0 Å². The van der Waals surface area contributed by atoms with Gasteiger partial charge in [-0.1, -0.05) is 15.9 Å². The van der Waals surface area contributed by atoms with E-state index in [2.05, 4.69) is 47.8 Å². The van der Waals surface area contributed by atoms with Gasteiger partial charge in [0.1, 0.15) is 5.75 Å². The lowest BCUT2D eigenvalue weighted by Crippen LogP contribution is -1.93. The topological polar surface area (TPSA) is 40.5 Å². The van der Waals surface area contributed by atoms with E-state index >= 15 is 0 Å². The molecule has 2 nitrogen and oxygen atoms in total. The molecule has 0 aliphatic heterocycles. The van der Waals surface area contributed by atoms with Crippen LogP contribution in [0.15, 0.2) is 19.5 Å². The first-order valence-electron chi connectivity index (χ1n) is 4.04. The summed E-state index contributed by atoms with van der Waals surface area (Å²) < 4.78 is 2.23. The van der Waals surface area contributed by atoms with Crippen LogP contribution in [-0.2, 0) is 6.42 Å². The van der Waals surface area contributed by atoms with Crippen LogP contribution in [0.25, 0.3) is 0 Å². The number of phenolic OH excluding ortho intramolecular Hbond substituents is 1. The monoisotopic (exact) mass is 386 g/mol. The fourth-order valence-electron chi connectivity index (χ4n) is 1.10. The maximum atomic E-state index is 9.63. The fourth-order valence-corrected chi connectivity index (χ4v) is 3.62. The van der Waals surface area contributed by atoms with Crippen molar-refractivity contribution in [3.63, 3.8) is 0 Å². The van der Waals surface area contributed by atoms with Crippen molar-refractivity contribution in [1.82, 2.24) is 0 Å². The van der Waals surface area contributed by atoms with Crippen LogP contribution in [0.2, 0.25) is 0 Å². The van der Waals surface area contributed by atoms with Gasteiger partial charge in [0.2, 0.25) is 0 Å². The molecular weight excluding hydrogens is 380 g/mol. The molecule has 0 saturated carbocycles. The number of hydrogen-bond donors (Lipinski definition) is 2. The Bertz CT molecular complexity index is 339. The van der Waals surface area contributed by atoms with Gasteiger partial charge in [0.05, 0.1) is 8.95 Å². The summed E-state index contributed by atoms with van der Waals surface area (Å²) in [5, 5.41) is 18.4. The van der Waals surface area contributed by atoms with Gasteiger partial charge in [0, 0.05) is 11.1 Å². The maximum Gasteiger partial charge on any atom is 0.144 e. The minimum Gasteiger partial charge on any atom is -0.506 e. The third-order valence-electron chi connectivity index (χ3n) is 1.83. The van der Waals surface area contributed by atoms with Gasteiger partial charge in [-0.05, 0) is 56.3 Å². The molecule has 1 aromatic carbocycles. The van der Waals surface area contributed by atoms with Crippen molar-refractivity contribution in [1.29, 1.82) is 0 Å². The fraction of sp³-hybridized carbons (Fsp3) is 0.333. The number of phenols is 1. The van der Waals surface area contributed by atoms with Crippen molar-refractivity contribution in [2.45, 2.75) is 12.8 Å². The lowest BCUT2D eigenvalue weighted by atomic mass is 10.1. The molecule has 0 atom stereocenters. The van der Waals surface area contributed by atoms with E-state index in [0.717, 1.165) is 16.5 Å². The lowest BCUT2D eigenvalue weighted by Gasteiger charge is -2.09. The van der Waals surface area contributed by atoms with Crippen LogP contribution < -0.4 is 0 Å². The van der Waals surface area contributed by atoms with E-state index in [-0.39, 0.29) is 12.4 Å². The van der Waals surface area contributed by atoms with E-state index in [0.29, 0.717) is 15.4 Å². The Kier molecular flexibility index (Phi) is 4.90. The van der Waals surface area contributed by atoms with Gasteiger partial charge in [-0.3, -0.25) is 0 Å². The van der Waals surface area contributed by atoms with E-state index in [4.69, 9.17) is 5.11 Å². The Morgan fingerprint density at radius 3 is 2.36 bits per heavy atom. The summed E-state index contributed by atoms with van der Waals surface area (Å²) in [5.41, 5.74) is 0.972. The van der Waals surface area contributed by atoms with Gasteiger partial charge in [-0.15, -0.1) is 0 Å². The third-order valence-corrected chi connectivity index (χ3v) is 3.99. The van der Waals surface area contributed by atoms with Gasteiger partial charge in [0.25, 0.3) is 0 Å². The second-order valence-corrected chi connectivity index (χ2v) is 5.31. The van der Waals surface area contributed by atoms with Crippen molar-refractivity contribution < 1.29 is 10.2 Å². The predicted octanol–water partition coefficient (Wildman–Crippen LogP) is 3.60. The van der Waals surface area contributed by atoms with E-state index in [1.54, 1.807) is 6.07 Å². The van der Waals surface area contributed by atoms with Gasteiger partial charge in [0.15, 0.2) is 0 Å². The van der Waals surface area contributed by atoms with Crippen LogP contribution in [-0.4, -0.2) is 16.8 Å². The summed E-state index contributed by atoms with van der Waals surface area (Å²) >= 11 is 9.97. The molecule has 1 rings (SSSR count). The third kappa shape index (κ3) is 2.72. The lowest BCUT2D eigenvalue weighted by molar-refractivity contribution is 0.288. The van der Waals surface area contributed by atoms with Crippen LogP contribution in [0.3, 0.4) is 0 Å². The number of benzene rings is 1. The highest BCUT2D eigenvalue weighted by molar-refractivity contribution is 9.11. The number of rotatable bonds is 3. The molecule has 14 heavy (non-hydrogen) atoms. The normalized spacial score (nSPS) is 10.6. The summed E-state index contributed by atoms with van der Waals surface area (Å²) in [5.74, 6) is 0.195. The summed E-state index contributed by atoms with van der Waals surface area (Å²) in [6, 6.07) is 1.80. The molecule has 0 aliphatic rings. The van der Waals surface area contributed by atoms with Crippen LogP contribution in [0.1, 0.15) is 12.0 Å². The number of aliphatic hydroxyl groups excluding tert-OH is 1. The Balaban J connectivity index is 3.09. The number of hydrogen-bond acceptors (Lipinski definition) is 2. The molecule has 0 heterocycles. The van der Waals surface area contributed by atoms with Crippen molar-refractivity contribution in [3.8, 4) is 5.75 Å².